The Kier molecular flexibility index (Phi) is 1.42. The number of benzene rings is 1. The van der Waals surface area contributed by atoms with Crippen molar-refractivity contribution in [2.75, 3.05) is 11.9 Å². The zero-order chi connectivity index (χ0) is 8.89. The van der Waals surface area contributed by atoms with Crippen LogP contribution in [0.4, 0.5) is 5.69 Å². The molecular weight excluding hydrogens is 230 g/mol. The fraction of sp³-hybridized carbons (Fsp3) is 0.400. The Bertz CT molecular complexity index is 360. The van der Waals surface area contributed by atoms with Crippen LogP contribution < -0.4 is 10.1 Å². The Hall–Kier alpha value is -0.700. The fourth-order valence-corrected chi connectivity index (χ4v) is 2.13. The van der Waals surface area contributed by atoms with Crippen molar-refractivity contribution >= 4 is 21.6 Å². The molecule has 0 unspecified atom stereocenters. The first-order valence-corrected chi connectivity index (χ1v) is 5.30. The van der Waals surface area contributed by atoms with E-state index in [2.05, 4.69) is 27.3 Å². The van der Waals surface area contributed by atoms with E-state index in [4.69, 9.17) is 4.74 Å². The first kappa shape index (κ1) is 7.68. The van der Waals surface area contributed by atoms with E-state index in [9.17, 15) is 0 Å². The standard InChI is InChI=1S/C10H10BrNO/c11-7-2-1-3-8-9(7)13-10(4-5-10)6-12-8/h1-3,12H,4-6H2. The molecule has 1 heterocycles. The maximum atomic E-state index is 5.95. The summed E-state index contributed by atoms with van der Waals surface area (Å²) in [5, 5.41) is 3.40. The number of fused-ring (bicyclic) bond motifs is 1. The molecule has 1 aliphatic carbocycles. The Morgan fingerprint density at radius 3 is 3.00 bits per heavy atom. The van der Waals surface area contributed by atoms with Crippen molar-refractivity contribution in [1.29, 1.82) is 0 Å². The SMILES string of the molecule is Brc1cccc2c1OC1(CC1)CN2. The summed E-state index contributed by atoms with van der Waals surface area (Å²) in [6, 6.07) is 6.08. The molecule has 0 aromatic heterocycles. The van der Waals surface area contributed by atoms with Gasteiger partial charge in [-0.05, 0) is 40.9 Å². The normalized spacial score (nSPS) is 21.6. The van der Waals surface area contributed by atoms with Crippen LogP contribution in [-0.2, 0) is 0 Å². The number of ether oxygens (including phenoxy) is 1. The quantitative estimate of drug-likeness (QED) is 0.752. The lowest BCUT2D eigenvalue weighted by molar-refractivity contribution is 0.183. The number of hydrogen-bond acceptors (Lipinski definition) is 2. The number of hydrogen-bond donors (Lipinski definition) is 1. The first-order valence-electron chi connectivity index (χ1n) is 4.51. The predicted molar refractivity (Wildman–Crippen MR) is 55.2 cm³/mol. The summed E-state index contributed by atoms with van der Waals surface area (Å²) in [6.45, 7) is 0.955. The number of para-hydroxylation sites is 1. The van der Waals surface area contributed by atoms with E-state index >= 15 is 0 Å². The molecule has 13 heavy (non-hydrogen) atoms. The van der Waals surface area contributed by atoms with Gasteiger partial charge in [0.25, 0.3) is 0 Å². The van der Waals surface area contributed by atoms with Gasteiger partial charge in [0.1, 0.15) is 5.60 Å². The van der Waals surface area contributed by atoms with Crippen molar-refractivity contribution in [3.8, 4) is 5.75 Å². The average molecular weight is 240 g/mol. The van der Waals surface area contributed by atoms with Crippen LogP contribution in [0.5, 0.6) is 5.75 Å². The van der Waals surface area contributed by atoms with Gasteiger partial charge in [0.2, 0.25) is 0 Å². The minimum Gasteiger partial charge on any atom is -0.482 e. The van der Waals surface area contributed by atoms with Crippen LogP contribution in [0.3, 0.4) is 0 Å². The molecule has 1 fully saturated rings. The van der Waals surface area contributed by atoms with E-state index in [1.807, 2.05) is 12.1 Å². The molecule has 2 aliphatic rings. The van der Waals surface area contributed by atoms with Gasteiger partial charge in [-0.25, -0.2) is 0 Å². The van der Waals surface area contributed by atoms with Crippen LogP contribution in [-0.4, -0.2) is 12.1 Å². The van der Waals surface area contributed by atoms with Crippen molar-refractivity contribution in [1.82, 2.24) is 0 Å². The summed E-state index contributed by atoms with van der Waals surface area (Å²) in [5.41, 5.74) is 1.23. The van der Waals surface area contributed by atoms with E-state index in [1.165, 1.54) is 12.8 Å². The second kappa shape index (κ2) is 2.41. The maximum Gasteiger partial charge on any atom is 0.157 e. The van der Waals surface area contributed by atoms with Crippen LogP contribution in [0.1, 0.15) is 12.8 Å². The van der Waals surface area contributed by atoms with Crippen molar-refractivity contribution in [2.45, 2.75) is 18.4 Å². The fourth-order valence-electron chi connectivity index (χ4n) is 1.68. The minimum atomic E-state index is 0.122. The largest absolute Gasteiger partial charge is 0.482 e. The third kappa shape index (κ3) is 1.14. The van der Waals surface area contributed by atoms with Crippen LogP contribution in [0.2, 0.25) is 0 Å². The molecule has 0 saturated heterocycles. The third-order valence-electron chi connectivity index (χ3n) is 2.69. The van der Waals surface area contributed by atoms with E-state index in [0.717, 1.165) is 22.5 Å². The Morgan fingerprint density at radius 2 is 2.23 bits per heavy atom. The molecule has 3 rings (SSSR count). The molecule has 0 bridgehead atoms. The summed E-state index contributed by atoms with van der Waals surface area (Å²) in [7, 11) is 0. The second-order valence-corrected chi connectivity index (χ2v) is 4.61. The predicted octanol–water partition coefficient (Wildman–Crippen LogP) is 2.79. The van der Waals surface area contributed by atoms with Gasteiger partial charge in [-0.2, -0.15) is 0 Å². The highest BCUT2D eigenvalue weighted by Gasteiger charge is 2.48. The zero-order valence-corrected chi connectivity index (χ0v) is 8.73. The highest BCUT2D eigenvalue weighted by molar-refractivity contribution is 9.10. The van der Waals surface area contributed by atoms with Gasteiger partial charge >= 0.3 is 0 Å². The van der Waals surface area contributed by atoms with Gasteiger partial charge in [-0.15, -0.1) is 0 Å². The molecule has 1 saturated carbocycles. The molecular formula is C10H10BrNO. The molecule has 68 valence electrons. The molecule has 0 radical (unpaired) electrons. The summed E-state index contributed by atoms with van der Waals surface area (Å²) >= 11 is 3.50. The first-order chi connectivity index (χ1) is 6.29. The maximum absolute atomic E-state index is 5.95. The Balaban J connectivity index is 2.06. The van der Waals surface area contributed by atoms with E-state index in [0.29, 0.717) is 0 Å². The molecule has 0 amide bonds. The Labute approximate surface area is 85.4 Å². The Morgan fingerprint density at radius 1 is 1.38 bits per heavy atom. The number of anilines is 1. The van der Waals surface area contributed by atoms with Crippen LogP contribution in [0.25, 0.3) is 0 Å². The number of nitrogens with one attached hydrogen (secondary N) is 1. The van der Waals surface area contributed by atoms with Gasteiger partial charge in [-0.3, -0.25) is 0 Å². The van der Waals surface area contributed by atoms with Crippen molar-refractivity contribution in [3.05, 3.63) is 22.7 Å². The summed E-state index contributed by atoms with van der Waals surface area (Å²) < 4.78 is 7.00. The molecule has 0 atom stereocenters. The number of rotatable bonds is 0. The van der Waals surface area contributed by atoms with Crippen molar-refractivity contribution in [3.63, 3.8) is 0 Å². The average Bonchev–Trinajstić information content (AvgIpc) is 2.88. The van der Waals surface area contributed by atoms with E-state index < -0.39 is 0 Å². The summed E-state index contributed by atoms with van der Waals surface area (Å²) in [5.74, 6) is 0.978. The molecule has 1 N–H and O–H groups in total. The smallest absolute Gasteiger partial charge is 0.157 e. The summed E-state index contributed by atoms with van der Waals surface area (Å²) in [6.07, 6.45) is 2.36. The number of halogens is 1. The molecule has 3 heteroatoms. The molecule has 1 aromatic rings. The zero-order valence-electron chi connectivity index (χ0n) is 7.14. The lowest BCUT2D eigenvalue weighted by Crippen LogP contribution is -2.32. The lowest BCUT2D eigenvalue weighted by Gasteiger charge is -2.28. The topological polar surface area (TPSA) is 21.3 Å². The van der Waals surface area contributed by atoms with Crippen LogP contribution in [0, 0.1) is 0 Å². The monoisotopic (exact) mass is 239 g/mol. The minimum absolute atomic E-state index is 0.122. The van der Waals surface area contributed by atoms with Gasteiger partial charge in [-0.1, -0.05) is 6.07 Å². The van der Waals surface area contributed by atoms with Gasteiger partial charge in [0, 0.05) is 0 Å². The van der Waals surface area contributed by atoms with Crippen LogP contribution in [0.15, 0.2) is 22.7 Å². The van der Waals surface area contributed by atoms with Crippen molar-refractivity contribution < 1.29 is 4.74 Å². The van der Waals surface area contributed by atoms with Crippen molar-refractivity contribution in [2.24, 2.45) is 0 Å². The lowest BCUT2D eigenvalue weighted by atomic mass is 10.2. The van der Waals surface area contributed by atoms with Gasteiger partial charge < -0.3 is 10.1 Å². The second-order valence-electron chi connectivity index (χ2n) is 3.76. The molecule has 1 spiro atoms. The third-order valence-corrected chi connectivity index (χ3v) is 3.32. The van der Waals surface area contributed by atoms with E-state index in [-0.39, 0.29) is 5.60 Å². The van der Waals surface area contributed by atoms with E-state index in [1.54, 1.807) is 0 Å². The van der Waals surface area contributed by atoms with Gasteiger partial charge in [0.05, 0.1) is 16.7 Å². The highest BCUT2D eigenvalue weighted by Crippen LogP contribution is 2.48. The highest BCUT2D eigenvalue weighted by atomic mass is 79.9. The van der Waals surface area contributed by atoms with Crippen LogP contribution >= 0.6 is 15.9 Å². The van der Waals surface area contributed by atoms with Gasteiger partial charge in [0.15, 0.2) is 5.75 Å². The summed E-state index contributed by atoms with van der Waals surface area (Å²) in [4.78, 5) is 0. The molecule has 2 nitrogen and oxygen atoms in total. The molecule has 1 aromatic carbocycles. The molecule has 1 aliphatic heterocycles.